The summed E-state index contributed by atoms with van der Waals surface area (Å²) in [6.45, 7) is 5.36. The number of ether oxygens (including phenoxy) is 1. The first kappa shape index (κ1) is 15.4. The van der Waals surface area contributed by atoms with Crippen LogP contribution in [-0.4, -0.2) is 6.61 Å². The van der Waals surface area contributed by atoms with E-state index in [4.69, 9.17) is 4.74 Å². The minimum absolute atomic E-state index is 0.153. The van der Waals surface area contributed by atoms with Crippen LogP contribution in [0.2, 0.25) is 0 Å². The fraction of sp³-hybridized carbons (Fsp3) is 0.684. The first-order chi connectivity index (χ1) is 10.1. The van der Waals surface area contributed by atoms with Crippen LogP contribution < -0.4 is 4.74 Å². The number of hydrogen-bond acceptors (Lipinski definition) is 1. The van der Waals surface area contributed by atoms with Gasteiger partial charge in [-0.2, -0.15) is 0 Å². The van der Waals surface area contributed by atoms with E-state index >= 15 is 0 Å². The number of fused-ring (bicyclic) bond motifs is 1. The second-order valence-corrected chi connectivity index (χ2v) is 8.59. The van der Waals surface area contributed by atoms with Crippen molar-refractivity contribution in [1.82, 2.24) is 0 Å². The van der Waals surface area contributed by atoms with E-state index in [1.165, 1.54) is 56.1 Å². The van der Waals surface area contributed by atoms with Gasteiger partial charge in [0.25, 0.3) is 0 Å². The molecule has 1 atom stereocenters. The lowest BCUT2D eigenvalue weighted by Gasteiger charge is -2.20. The largest absolute Gasteiger partial charge is 0.492 e. The molecule has 3 rings (SSSR count). The number of alkyl halides is 1. The molecule has 2 heteroatoms. The van der Waals surface area contributed by atoms with Gasteiger partial charge in [0.15, 0.2) is 0 Å². The van der Waals surface area contributed by atoms with Crippen molar-refractivity contribution in [3.8, 4) is 5.75 Å². The Bertz CT molecular complexity index is 486. The van der Waals surface area contributed by atoms with Crippen LogP contribution in [0.25, 0.3) is 0 Å². The predicted octanol–water partition coefficient (Wildman–Crippen LogP) is 6.15. The lowest BCUT2D eigenvalue weighted by atomic mass is 9.85. The molecule has 0 amide bonds. The van der Waals surface area contributed by atoms with Gasteiger partial charge in [-0.3, -0.25) is 0 Å². The first-order valence-corrected chi connectivity index (χ1v) is 9.39. The Balaban J connectivity index is 1.71. The van der Waals surface area contributed by atoms with E-state index < -0.39 is 0 Å². The summed E-state index contributed by atoms with van der Waals surface area (Å²) in [5.74, 6) is 1.98. The van der Waals surface area contributed by atoms with E-state index in [0.29, 0.717) is 4.83 Å². The van der Waals surface area contributed by atoms with Crippen molar-refractivity contribution in [2.24, 2.45) is 5.92 Å². The Hall–Kier alpha value is -0.500. The molecule has 1 saturated carbocycles. The van der Waals surface area contributed by atoms with Crippen molar-refractivity contribution in [1.29, 1.82) is 0 Å². The molecule has 116 valence electrons. The Kier molecular flexibility index (Phi) is 4.63. The Morgan fingerprint density at radius 3 is 2.62 bits per heavy atom. The molecule has 1 fully saturated rings. The quantitative estimate of drug-likeness (QED) is 0.468. The van der Waals surface area contributed by atoms with Gasteiger partial charge in [-0.05, 0) is 24.0 Å². The van der Waals surface area contributed by atoms with Crippen LogP contribution in [0, 0.1) is 5.92 Å². The van der Waals surface area contributed by atoms with Crippen molar-refractivity contribution in [2.45, 2.75) is 69.0 Å². The van der Waals surface area contributed by atoms with Gasteiger partial charge < -0.3 is 4.74 Å². The maximum Gasteiger partial charge on any atom is 0.123 e. The second-order valence-electron chi connectivity index (χ2n) is 7.49. The first-order valence-electron chi connectivity index (χ1n) is 8.47. The molecule has 1 aromatic carbocycles. The van der Waals surface area contributed by atoms with Gasteiger partial charge in [0.1, 0.15) is 5.75 Å². The minimum atomic E-state index is 0.153. The highest BCUT2D eigenvalue weighted by molar-refractivity contribution is 9.09. The molecular weight excluding hydrogens is 324 g/mol. The number of halogens is 1. The average Bonchev–Trinajstić information content (AvgIpc) is 2.66. The number of benzene rings is 1. The molecule has 1 aliphatic carbocycles. The summed E-state index contributed by atoms with van der Waals surface area (Å²) in [6.07, 6.45) is 9.84. The summed E-state index contributed by atoms with van der Waals surface area (Å²) < 4.78 is 5.80. The molecule has 0 aromatic heterocycles. The Labute approximate surface area is 137 Å². The Morgan fingerprint density at radius 2 is 1.90 bits per heavy atom. The third-order valence-electron chi connectivity index (χ3n) is 5.20. The van der Waals surface area contributed by atoms with Crippen molar-refractivity contribution < 1.29 is 4.74 Å². The smallest absolute Gasteiger partial charge is 0.123 e. The zero-order chi connectivity index (χ0) is 14.9. The highest BCUT2D eigenvalue weighted by Gasteiger charge is 2.32. The molecule has 0 N–H and O–H groups in total. The molecule has 0 bridgehead atoms. The second kappa shape index (κ2) is 6.32. The predicted molar refractivity (Wildman–Crippen MR) is 92.4 cm³/mol. The van der Waals surface area contributed by atoms with Gasteiger partial charge in [-0.15, -0.1) is 0 Å². The topological polar surface area (TPSA) is 9.23 Å². The van der Waals surface area contributed by atoms with Gasteiger partial charge >= 0.3 is 0 Å². The lowest BCUT2D eigenvalue weighted by Crippen LogP contribution is -2.18. The van der Waals surface area contributed by atoms with Crippen LogP contribution in [0.4, 0.5) is 0 Å². The number of rotatable bonds is 3. The normalized spacial score (nSPS) is 23.2. The standard InChI is InChI=1S/C19H27BrO/c1-19(2)13-21-18-10-9-15(12-16(18)19)17(20)11-14-7-5-3-4-6-8-14/h9-10,12,14,17H,3-8,11,13H2,1-2H3. The van der Waals surface area contributed by atoms with Gasteiger partial charge in [0.05, 0.1) is 6.61 Å². The fourth-order valence-electron chi connectivity index (χ4n) is 3.76. The van der Waals surface area contributed by atoms with Crippen molar-refractivity contribution >= 4 is 15.9 Å². The highest BCUT2D eigenvalue weighted by atomic mass is 79.9. The van der Waals surface area contributed by atoms with Crippen LogP contribution in [0.3, 0.4) is 0 Å². The fourth-order valence-corrected chi connectivity index (χ4v) is 4.57. The van der Waals surface area contributed by atoms with E-state index in [2.05, 4.69) is 48.0 Å². The SMILES string of the molecule is CC1(C)COc2ccc(C(Br)CC3CCCCCC3)cc21. The van der Waals surface area contributed by atoms with Crippen molar-refractivity contribution in [3.63, 3.8) is 0 Å². The van der Waals surface area contributed by atoms with Gasteiger partial charge in [-0.1, -0.05) is 80.4 Å². The third kappa shape index (κ3) is 3.47. The van der Waals surface area contributed by atoms with Gasteiger partial charge in [0, 0.05) is 15.8 Å². The summed E-state index contributed by atoms with van der Waals surface area (Å²) in [5, 5.41) is 0. The Morgan fingerprint density at radius 1 is 1.19 bits per heavy atom. The van der Waals surface area contributed by atoms with E-state index in [-0.39, 0.29) is 5.41 Å². The van der Waals surface area contributed by atoms with Crippen molar-refractivity contribution in [2.75, 3.05) is 6.61 Å². The van der Waals surface area contributed by atoms with E-state index in [9.17, 15) is 0 Å². The minimum Gasteiger partial charge on any atom is -0.492 e. The molecule has 1 aromatic rings. The third-order valence-corrected chi connectivity index (χ3v) is 6.10. The van der Waals surface area contributed by atoms with Gasteiger partial charge in [0.2, 0.25) is 0 Å². The number of hydrogen-bond donors (Lipinski definition) is 0. The van der Waals surface area contributed by atoms with E-state index in [1.54, 1.807) is 0 Å². The maximum absolute atomic E-state index is 5.80. The average molecular weight is 351 g/mol. The van der Waals surface area contributed by atoms with Crippen LogP contribution in [0.5, 0.6) is 5.75 Å². The van der Waals surface area contributed by atoms with E-state index in [1.807, 2.05) is 0 Å². The molecule has 0 spiro atoms. The zero-order valence-corrected chi connectivity index (χ0v) is 14.9. The molecule has 2 aliphatic rings. The highest BCUT2D eigenvalue weighted by Crippen LogP contribution is 2.42. The van der Waals surface area contributed by atoms with Crippen LogP contribution in [0.1, 0.15) is 74.7 Å². The molecule has 21 heavy (non-hydrogen) atoms. The van der Waals surface area contributed by atoms with E-state index in [0.717, 1.165) is 18.3 Å². The summed E-state index contributed by atoms with van der Waals surface area (Å²) in [4.78, 5) is 0.488. The molecule has 0 radical (unpaired) electrons. The zero-order valence-electron chi connectivity index (χ0n) is 13.3. The molecule has 1 heterocycles. The van der Waals surface area contributed by atoms with Crippen LogP contribution in [-0.2, 0) is 5.41 Å². The summed E-state index contributed by atoms with van der Waals surface area (Å²) in [6, 6.07) is 6.79. The molecular formula is C19H27BrO. The molecule has 0 saturated heterocycles. The summed E-state index contributed by atoms with van der Waals surface area (Å²) in [5.41, 5.74) is 2.96. The van der Waals surface area contributed by atoms with Gasteiger partial charge in [-0.25, -0.2) is 0 Å². The summed E-state index contributed by atoms with van der Waals surface area (Å²) in [7, 11) is 0. The van der Waals surface area contributed by atoms with Crippen molar-refractivity contribution in [3.05, 3.63) is 29.3 Å². The molecule has 1 nitrogen and oxygen atoms in total. The maximum atomic E-state index is 5.80. The molecule has 1 unspecified atom stereocenters. The van der Waals surface area contributed by atoms with Crippen LogP contribution in [0.15, 0.2) is 18.2 Å². The van der Waals surface area contributed by atoms with Crippen LogP contribution >= 0.6 is 15.9 Å². The summed E-state index contributed by atoms with van der Waals surface area (Å²) >= 11 is 3.95. The lowest BCUT2D eigenvalue weighted by molar-refractivity contribution is 0.291. The monoisotopic (exact) mass is 350 g/mol. The molecule has 1 aliphatic heterocycles.